The standard InChI is InChI=1S/C15H24N2S/c1-11-10-14(18-9-8-17(2)3)15(16)13-7-5-4-6-12(11)13/h4-7,11,14-15H,8-10,16H2,1-3H3. The summed E-state index contributed by atoms with van der Waals surface area (Å²) in [5.41, 5.74) is 9.25. The SMILES string of the molecule is CC1CC(SCCN(C)C)C(N)c2ccccc21. The van der Waals surface area contributed by atoms with Crippen molar-refractivity contribution in [2.75, 3.05) is 26.4 Å². The molecular formula is C15H24N2S. The number of fused-ring (bicyclic) bond motifs is 1. The van der Waals surface area contributed by atoms with Crippen LogP contribution in [-0.4, -0.2) is 36.5 Å². The van der Waals surface area contributed by atoms with Gasteiger partial charge in [0.2, 0.25) is 0 Å². The third-order valence-electron chi connectivity index (χ3n) is 3.74. The highest BCUT2D eigenvalue weighted by Crippen LogP contribution is 2.41. The number of hydrogen-bond acceptors (Lipinski definition) is 3. The van der Waals surface area contributed by atoms with E-state index in [1.54, 1.807) is 0 Å². The lowest BCUT2D eigenvalue weighted by molar-refractivity contribution is 0.436. The number of thioether (sulfide) groups is 1. The molecule has 0 radical (unpaired) electrons. The van der Waals surface area contributed by atoms with E-state index in [1.165, 1.54) is 23.3 Å². The number of rotatable bonds is 4. The van der Waals surface area contributed by atoms with E-state index in [0.29, 0.717) is 11.2 Å². The van der Waals surface area contributed by atoms with Gasteiger partial charge in [-0.1, -0.05) is 31.2 Å². The van der Waals surface area contributed by atoms with Crippen LogP contribution in [0.1, 0.15) is 36.4 Å². The van der Waals surface area contributed by atoms with Gasteiger partial charge < -0.3 is 10.6 Å². The van der Waals surface area contributed by atoms with Crippen LogP contribution in [0.15, 0.2) is 24.3 Å². The van der Waals surface area contributed by atoms with Gasteiger partial charge in [0.15, 0.2) is 0 Å². The molecule has 3 heteroatoms. The molecule has 3 unspecified atom stereocenters. The van der Waals surface area contributed by atoms with Gasteiger partial charge in [-0.05, 0) is 37.6 Å². The van der Waals surface area contributed by atoms with E-state index in [9.17, 15) is 0 Å². The molecule has 0 fully saturated rings. The van der Waals surface area contributed by atoms with E-state index in [2.05, 4.69) is 50.2 Å². The zero-order valence-electron chi connectivity index (χ0n) is 11.6. The van der Waals surface area contributed by atoms with Gasteiger partial charge >= 0.3 is 0 Å². The van der Waals surface area contributed by atoms with Gasteiger partial charge in [-0.2, -0.15) is 11.8 Å². The van der Waals surface area contributed by atoms with E-state index < -0.39 is 0 Å². The van der Waals surface area contributed by atoms with E-state index in [-0.39, 0.29) is 6.04 Å². The van der Waals surface area contributed by atoms with Crippen LogP contribution in [0.25, 0.3) is 0 Å². The van der Waals surface area contributed by atoms with Gasteiger partial charge in [-0.15, -0.1) is 0 Å². The minimum absolute atomic E-state index is 0.199. The number of hydrogen-bond donors (Lipinski definition) is 1. The molecule has 2 nitrogen and oxygen atoms in total. The van der Waals surface area contributed by atoms with Crippen LogP contribution in [0.5, 0.6) is 0 Å². The summed E-state index contributed by atoms with van der Waals surface area (Å²) in [6.45, 7) is 3.45. The Hall–Kier alpha value is -0.510. The Bertz CT molecular complexity index is 392. The Kier molecular flexibility index (Phi) is 4.71. The Morgan fingerprint density at radius 2 is 1.94 bits per heavy atom. The van der Waals surface area contributed by atoms with Crippen LogP contribution in [0.4, 0.5) is 0 Å². The zero-order chi connectivity index (χ0) is 13.1. The molecule has 2 N–H and O–H groups in total. The third-order valence-corrected chi connectivity index (χ3v) is 5.07. The van der Waals surface area contributed by atoms with E-state index in [1.807, 2.05) is 11.8 Å². The summed E-state index contributed by atoms with van der Waals surface area (Å²) >= 11 is 2.03. The lowest BCUT2D eigenvalue weighted by Crippen LogP contribution is -2.31. The zero-order valence-corrected chi connectivity index (χ0v) is 12.4. The lowest BCUT2D eigenvalue weighted by atomic mass is 9.81. The average molecular weight is 264 g/mol. The number of benzene rings is 1. The van der Waals surface area contributed by atoms with Crippen molar-refractivity contribution in [2.24, 2.45) is 5.73 Å². The summed E-state index contributed by atoms with van der Waals surface area (Å²) in [6.07, 6.45) is 1.20. The molecule has 1 aliphatic rings. The maximum Gasteiger partial charge on any atom is 0.0418 e. The van der Waals surface area contributed by atoms with Crippen LogP contribution in [0.2, 0.25) is 0 Å². The first-order valence-corrected chi connectivity index (χ1v) is 7.75. The first kappa shape index (κ1) is 13.9. The Morgan fingerprint density at radius 3 is 2.61 bits per heavy atom. The molecule has 2 rings (SSSR count). The summed E-state index contributed by atoms with van der Waals surface area (Å²) in [5.74, 6) is 1.80. The maximum atomic E-state index is 6.44. The van der Waals surface area contributed by atoms with Crippen molar-refractivity contribution in [3.05, 3.63) is 35.4 Å². The topological polar surface area (TPSA) is 29.3 Å². The molecule has 0 aliphatic heterocycles. The molecule has 0 aromatic heterocycles. The molecule has 0 saturated carbocycles. The highest BCUT2D eigenvalue weighted by atomic mass is 32.2. The summed E-state index contributed by atoms with van der Waals surface area (Å²) in [4.78, 5) is 2.23. The van der Waals surface area contributed by atoms with Crippen molar-refractivity contribution >= 4 is 11.8 Å². The molecule has 1 aromatic carbocycles. The molecule has 3 atom stereocenters. The second-order valence-electron chi connectivity index (χ2n) is 5.50. The Labute approximate surface area is 115 Å². The van der Waals surface area contributed by atoms with Crippen molar-refractivity contribution in [1.82, 2.24) is 4.90 Å². The molecule has 0 amide bonds. The van der Waals surface area contributed by atoms with Gasteiger partial charge in [-0.3, -0.25) is 0 Å². The van der Waals surface area contributed by atoms with E-state index in [4.69, 9.17) is 5.73 Å². The number of nitrogens with two attached hydrogens (primary N) is 1. The predicted molar refractivity (Wildman–Crippen MR) is 81.2 cm³/mol. The molecule has 0 saturated heterocycles. The largest absolute Gasteiger partial charge is 0.323 e. The monoisotopic (exact) mass is 264 g/mol. The van der Waals surface area contributed by atoms with Gasteiger partial charge in [0.25, 0.3) is 0 Å². The van der Waals surface area contributed by atoms with Crippen molar-refractivity contribution < 1.29 is 0 Å². The second-order valence-corrected chi connectivity index (χ2v) is 6.85. The normalized spacial score (nSPS) is 27.3. The predicted octanol–water partition coefficient (Wildman–Crippen LogP) is 2.86. The van der Waals surface area contributed by atoms with Crippen LogP contribution in [0.3, 0.4) is 0 Å². The van der Waals surface area contributed by atoms with Gasteiger partial charge in [0.1, 0.15) is 0 Å². The fourth-order valence-electron chi connectivity index (χ4n) is 2.64. The summed E-state index contributed by atoms with van der Waals surface area (Å²) < 4.78 is 0. The second kappa shape index (κ2) is 6.09. The smallest absolute Gasteiger partial charge is 0.0418 e. The highest BCUT2D eigenvalue weighted by molar-refractivity contribution is 7.99. The van der Waals surface area contributed by atoms with Gasteiger partial charge in [0, 0.05) is 23.6 Å². The maximum absolute atomic E-state index is 6.44. The summed E-state index contributed by atoms with van der Waals surface area (Å²) in [5, 5.41) is 0.565. The summed E-state index contributed by atoms with van der Waals surface area (Å²) in [6, 6.07) is 8.87. The number of nitrogens with zero attached hydrogens (tertiary/aromatic N) is 1. The van der Waals surface area contributed by atoms with Crippen LogP contribution in [-0.2, 0) is 0 Å². The van der Waals surface area contributed by atoms with Crippen LogP contribution >= 0.6 is 11.8 Å². The van der Waals surface area contributed by atoms with Crippen LogP contribution in [0, 0.1) is 0 Å². The van der Waals surface area contributed by atoms with Crippen molar-refractivity contribution in [3.8, 4) is 0 Å². The third kappa shape index (κ3) is 3.08. The highest BCUT2D eigenvalue weighted by Gasteiger charge is 2.30. The lowest BCUT2D eigenvalue weighted by Gasteiger charge is -2.34. The van der Waals surface area contributed by atoms with Crippen molar-refractivity contribution in [2.45, 2.75) is 30.6 Å². The fraction of sp³-hybridized carbons (Fsp3) is 0.600. The Balaban J connectivity index is 2.04. The molecule has 0 heterocycles. The summed E-state index contributed by atoms with van der Waals surface area (Å²) in [7, 11) is 4.25. The molecule has 0 spiro atoms. The molecule has 0 bridgehead atoms. The first-order valence-electron chi connectivity index (χ1n) is 6.70. The van der Waals surface area contributed by atoms with Crippen LogP contribution < -0.4 is 5.73 Å². The molecule has 18 heavy (non-hydrogen) atoms. The van der Waals surface area contributed by atoms with Gasteiger partial charge in [-0.25, -0.2) is 0 Å². The molecular weight excluding hydrogens is 240 g/mol. The van der Waals surface area contributed by atoms with Crippen molar-refractivity contribution in [1.29, 1.82) is 0 Å². The van der Waals surface area contributed by atoms with E-state index in [0.717, 1.165) is 6.54 Å². The van der Waals surface area contributed by atoms with Crippen molar-refractivity contribution in [3.63, 3.8) is 0 Å². The minimum Gasteiger partial charge on any atom is -0.323 e. The quantitative estimate of drug-likeness (QED) is 0.907. The minimum atomic E-state index is 0.199. The first-order chi connectivity index (χ1) is 8.59. The van der Waals surface area contributed by atoms with E-state index >= 15 is 0 Å². The van der Waals surface area contributed by atoms with Gasteiger partial charge in [0.05, 0.1) is 0 Å². The molecule has 1 aromatic rings. The molecule has 1 aliphatic carbocycles. The fourth-order valence-corrected chi connectivity index (χ4v) is 4.20. The molecule has 100 valence electrons. The Morgan fingerprint density at radius 1 is 1.28 bits per heavy atom. The average Bonchev–Trinajstić information content (AvgIpc) is 2.35.